The smallest absolute Gasteiger partial charge is 0.321 e. The Morgan fingerprint density at radius 3 is 2.37 bits per heavy atom. The maximum Gasteiger partial charge on any atom is 0.434 e. The second-order valence-electron chi connectivity index (χ2n) is 4.95. The summed E-state index contributed by atoms with van der Waals surface area (Å²) < 4.78 is 65.1. The Morgan fingerprint density at radius 2 is 1.78 bits per heavy atom. The number of carbonyl (C=O) groups excluding carboxylic acids is 1. The normalized spacial score (nSPS) is 12.0. The minimum absolute atomic E-state index is 0.0931. The highest BCUT2D eigenvalue weighted by molar-refractivity contribution is 7.93. The zero-order chi connectivity index (χ0) is 19.7. The first kappa shape index (κ1) is 19.3. The average molecular weight is 434 g/mol. The molecule has 0 spiro atoms. The van der Waals surface area contributed by atoms with Crippen LogP contribution in [0.1, 0.15) is 15.4 Å². The van der Waals surface area contributed by atoms with Gasteiger partial charge in [-0.2, -0.15) is 13.2 Å². The zero-order valence-electron chi connectivity index (χ0n) is 13.0. The molecule has 1 amide bonds. The van der Waals surface area contributed by atoms with Crippen molar-refractivity contribution in [2.45, 2.75) is 11.1 Å². The first-order chi connectivity index (χ1) is 12.7. The molecule has 27 heavy (non-hydrogen) atoms. The number of amides is 1. The number of hydrogen-bond acceptors (Lipinski definition) is 7. The molecule has 1 aromatic carbocycles. The quantitative estimate of drug-likeness (QED) is 0.638. The van der Waals surface area contributed by atoms with E-state index in [-0.39, 0.29) is 15.7 Å². The fourth-order valence-corrected chi connectivity index (χ4v) is 4.45. The maximum atomic E-state index is 12.8. The summed E-state index contributed by atoms with van der Waals surface area (Å²) in [6.45, 7) is 0. The third-order valence-electron chi connectivity index (χ3n) is 3.12. The fraction of sp³-hybridized carbons (Fsp3) is 0.0714. The van der Waals surface area contributed by atoms with Gasteiger partial charge in [-0.25, -0.2) is 18.4 Å². The molecule has 0 saturated heterocycles. The molecular weight excluding hydrogens is 425 g/mol. The van der Waals surface area contributed by atoms with Crippen LogP contribution in [0.2, 0.25) is 0 Å². The topological polar surface area (TPSA) is 101 Å². The lowest BCUT2D eigenvalue weighted by Gasteiger charge is -2.09. The Balaban J connectivity index is 1.75. The Morgan fingerprint density at radius 1 is 1.07 bits per heavy atom. The summed E-state index contributed by atoms with van der Waals surface area (Å²) in [5.74, 6) is -0.985. The van der Waals surface area contributed by atoms with E-state index in [1.807, 2.05) is 0 Å². The van der Waals surface area contributed by atoms with E-state index in [0.29, 0.717) is 11.3 Å². The Kier molecular flexibility index (Phi) is 5.17. The second-order valence-corrected chi connectivity index (χ2v) is 8.38. The van der Waals surface area contributed by atoms with E-state index >= 15 is 0 Å². The van der Waals surface area contributed by atoms with Crippen LogP contribution in [-0.4, -0.2) is 24.3 Å². The van der Waals surface area contributed by atoms with Gasteiger partial charge in [0.15, 0.2) is 10.8 Å². The summed E-state index contributed by atoms with van der Waals surface area (Å²) in [5.41, 5.74) is -0.205. The highest BCUT2D eigenvalue weighted by Gasteiger charge is 2.38. The van der Waals surface area contributed by atoms with Gasteiger partial charge in [-0.15, -0.1) is 22.7 Å². The highest BCUT2D eigenvalue weighted by Crippen LogP contribution is 2.33. The van der Waals surface area contributed by atoms with Crippen molar-refractivity contribution in [3.63, 3.8) is 0 Å². The van der Waals surface area contributed by atoms with Gasteiger partial charge in [0.2, 0.25) is 0 Å². The molecule has 3 rings (SSSR count). The average Bonchev–Trinajstić information content (AvgIpc) is 3.25. The molecule has 2 N–H and O–H groups in total. The van der Waals surface area contributed by atoms with E-state index in [1.165, 1.54) is 30.5 Å². The molecule has 0 aliphatic heterocycles. The van der Waals surface area contributed by atoms with E-state index in [0.717, 1.165) is 16.8 Å². The predicted molar refractivity (Wildman–Crippen MR) is 94.4 cm³/mol. The molecule has 2 heterocycles. The van der Waals surface area contributed by atoms with Crippen molar-refractivity contribution in [3.05, 3.63) is 51.9 Å². The van der Waals surface area contributed by atoms with E-state index in [9.17, 15) is 26.4 Å². The summed E-state index contributed by atoms with van der Waals surface area (Å²) >= 11 is 1.66. The van der Waals surface area contributed by atoms with Crippen LogP contribution in [0, 0.1) is 0 Å². The molecule has 13 heteroatoms. The second kappa shape index (κ2) is 7.25. The van der Waals surface area contributed by atoms with Crippen LogP contribution in [0.15, 0.2) is 46.2 Å². The van der Waals surface area contributed by atoms with Gasteiger partial charge < -0.3 is 5.32 Å². The molecule has 0 radical (unpaired) electrons. The molecule has 0 fully saturated rings. The predicted octanol–water partition coefficient (Wildman–Crippen LogP) is 3.67. The third-order valence-corrected chi connectivity index (χ3v) is 6.12. The Hall–Kier alpha value is -2.51. The van der Waals surface area contributed by atoms with E-state index < -0.39 is 32.7 Å². The van der Waals surface area contributed by atoms with Gasteiger partial charge in [-0.05, 0) is 24.3 Å². The van der Waals surface area contributed by atoms with Crippen LogP contribution in [0.4, 0.5) is 24.0 Å². The Bertz CT molecular complexity index is 1050. The fourth-order valence-electron chi connectivity index (χ4n) is 1.96. The van der Waals surface area contributed by atoms with Crippen LogP contribution in [0.25, 0.3) is 0 Å². The number of sulfonamides is 1. The van der Waals surface area contributed by atoms with Crippen LogP contribution in [0.5, 0.6) is 0 Å². The number of nitrogens with zero attached hydrogens (tertiary/aromatic N) is 2. The van der Waals surface area contributed by atoms with Gasteiger partial charge in [0.05, 0.1) is 10.4 Å². The lowest BCUT2D eigenvalue weighted by atomic mass is 10.3. The minimum Gasteiger partial charge on any atom is -0.321 e. The summed E-state index contributed by atoms with van der Waals surface area (Å²) in [4.78, 5) is 18.4. The summed E-state index contributed by atoms with van der Waals surface area (Å²) in [6.07, 6.45) is -3.30. The molecule has 3 aromatic rings. The third kappa shape index (κ3) is 4.43. The van der Waals surface area contributed by atoms with Crippen LogP contribution >= 0.6 is 22.7 Å². The van der Waals surface area contributed by atoms with Crippen molar-refractivity contribution in [1.29, 1.82) is 0 Å². The number of aromatic nitrogens is 2. The van der Waals surface area contributed by atoms with Crippen molar-refractivity contribution in [2.24, 2.45) is 0 Å². The number of thiazole rings is 2. The van der Waals surface area contributed by atoms with Crippen molar-refractivity contribution in [3.8, 4) is 0 Å². The molecule has 0 unspecified atom stereocenters. The number of nitrogens with one attached hydrogen (secondary N) is 2. The SMILES string of the molecule is O=C(Nc1ccc(S(=O)(=O)Nc2nccs2)cc1)c1scnc1C(F)(F)F. The van der Waals surface area contributed by atoms with E-state index in [2.05, 4.69) is 20.0 Å². The summed E-state index contributed by atoms with van der Waals surface area (Å²) in [6, 6.07) is 4.96. The molecule has 0 aliphatic rings. The number of carbonyl (C=O) groups is 1. The van der Waals surface area contributed by atoms with Crippen LogP contribution in [0.3, 0.4) is 0 Å². The molecule has 7 nitrogen and oxygen atoms in total. The number of halogens is 3. The lowest BCUT2D eigenvalue weighted by molar-refractivity contribution is -0.141. The number of alkyl halides is 3. The number of benzene rings is 1. The van der Waals surface area contributed by atoms with Crippen molar-refractivity contribution in [2.75, 3.05) is 10.0 Å². The minimum atomic E-state index is -4.74. The monoisotopic (exact) mass is 434 g/mol. The summed E-state index contributed by atoms with van der Waals surface area (Å²) in [7, 11) is -3.87. The number of rotatable bonds is 5. The Labute approximate surface area is 159 Å². The van der Waals surface area contributed by atoms with Gasteiger partial charge >= 0.3 is 6.18 Å². The van der Waals surface area contributed by atoms with Gasteiger partial charge in [-0.3, -0.25) is 9.52 Å². The number of hydrogen-bond donors (Lipinski definition) is 2. The first-order valence-corrected chi connectivity index (χ1v) is 10.3. The molecule has 2 aromatic heterocycles. The lowest BCUT2D eigenvalue weighted by Crippen LogP contribution is -2.17. The van der Waals surface area contributed by atoms with Crippen molar-refractivity contribution in [1.82, 2.24) is 9.97 Å². The largest absolute Gasteiger partial charge is 0.434 e. The number of anilines is 2. The van der Waals surface area contributed by atoms with Crippen LogP contribution < -0.4 is 10.0 Å². The standard InChI is InChI=1S/C14H9F3N4O3S3/c15-14(16,17)11-10(26-7-19-11)12(22)20-8-1-3-9(4-2-8)27(23,24)21-13-18-5-6-25-13/h1-7H,(H,18,21)(H,20,22). The zero-order valence-corrected chi connectivity index (χ0v) is 15.5. The van der Waals surface area contributed by atoms with Gasteiger partial charge in [-0.1, -0.05) is 0 Å². The molecule has 0 saturated carbocycles. The van der Waals surface area contributed by atoms with E-state index in [4.69, 9.17) is 0 Å². The van der Waals surface area contributed by atoms with Crippen molar-refractivity contribution < 1.29 is 26.4 Å². The highest BCUT2D eigenvalue weighted by atomic mass is 32.2. The van der Waals surface area contributed by atoms with Gasteiger partial charge in [0.25, 0.3) is 15.9 Å². The first-order valence-electron chi connectivity index (χ1n) is 7.01. The molecule has 0 atom stereocenters. The molecule has 0 aliphatic carbocycles. The molecule has 142 valence electrons. The van der Waals surface area contributed by atoms with Gasteiger partial charge in [0.1, 0.15) is 4.88 Å². The maximum absolute atomic E-state index is 12.8. The molecule has 0 bridgehead atoms. The van der Waals surface area contributed by atoms with E-state index in [1.54, 1.807) is 5.38 Å². The summed E-state index contributed by atoms with van der Waals surface area (Å²) in [5, 5.41) is 4.08. The van der Waals surface area contributed by atoms with Gasteiger partial charge in [0, 0.05) is 17.3 Å². The van der Waals surface area contributed by atoms with Crippen molar-refractivity contribution >= 4 is 49.4 Å². The molecular formula is C14H9F3N4O3S3. The van der Waals surface area contributed by atoms with Crippen LogP contribution in [-0.2, 0) is 16.2 Å².